The number of hydrogen-bond acceptors (Lipinski definition) is 4. The molecule has 0 saturated heterocycles. The zero-order chi connectivity index (χ0) is 19.2. The van der Waals surface area contributed by atoms with Crippen molar-refractivity contribution in [2.45, 2.75) is 40.2 Å². The van der Waals surface area contributed by atoms with Crippen molar-refractivity contribution in [1.29, 1.82) is 0 Å². The van der Waals surface area contributed by atoms with Crippen molar-refractivity contribution in [3.05, 3.63) is 63.4 Å². The Hall–Kier alpha value is -2.31. The first-order valence-corrected chi connectivity index (χ1v) is 10.2. The number of allylic oxidation sites excluding steroid dienone is 3. The van der Waals surface area contributed by atoms with Crippen LogP contribution in [-0.2, 0) is 6.54 Å². The van der Waals surface area contributed by atoms with Crippen LogP contribution in [0, 0.1) is 6.92 Å². The number of aromatic amines is 1. The molecule has 0 spiro atoms. The SMILES string of the molecule is CC/C=C\C(=C/CC)SNCCn1c(=O)c2c(C)[nH]nc2c2ccccc21. The van der Waals surface area contributed by atoms with Crippen LogP contribution < -0.4 is 10.3 Å². The van der Waals surface area contributed by atoms with Crippen LogP contribution in [0.2, 0.25) is 0 Å². The number of hydrogen-bond donors (Lipinski definition) is 2. The average molecular weight is 383 g/mol. The van der Waals surface area contributed by atoms with Crippen LogP contribution in [0.3, 0.4) is 0 Å². The quantitative estimate of drug-likeness (QED) is 0.337. The summed E-state index contributed by atoms with van der Waals surface area (Å²) in [6.45, 7) is 7.45. The lowest BCUT2D eigenvalue weighted by Gasteiger charge is -2.12. The maximum Gasteiger partial charge on any atom is 0.262 e. The van der Waals surface area contributed by atoms with Crippen molar-refractivity contribution in [1.82, 2.24) is 19.5 Å². The first kappa shape index (κ1) is 19.5. The topological polar surface area (TPSA) is 62.7 Å². The van der Waals surface area contributed by atoms with E-state index in [1.54, 1.807) is 11.9 Å². The number of benzene rings is 1. The van der Waals surface area contributed by atoms with Gasteiger partial charge in [-0.1, -0.05) is 50.3 Å². The number of nitrogens with zero attached hydrogens (tertiary/aromatic N) is 2. The Labute approximate surface area is 163 Å². The number of H-pyrrole nitrogens is 1. The Morgan fingerprint density at radius 2 is 2.11 bits per heavy atom. The molecule has 142 valence electrons. The van der Waals surface area contributed by atoms with Crippen molar-refractivity contribution >= 4 is 33.8 Å². The van der Waals surface area contributed by atoms with Crippen LogP contribution in [0.25, 0.3) is 21.8 Å². The molecule has 0 aliphatic carbocycles. The Balaban J connectivity index is 1.83. The van der Waals surface area contributed by atoms with Crippen LogP contribution >= 0.6 is 11.9 Å². The fraction of sp³-hybridized carbons (Fsp3) is 0.333. The fourth-order valence-corrected chi connectivity index (χ4v) is 3.91. The fourth-order valence-electron chi connectivity index (χ4n) is 3.13. The van der Waals surface area contributed by atoms with Gasteiger partial charge in [-0.05, 0) is 37.8 Å². The molecule has 0 amide bonds. The van der Waals surface area contributed by atoms with E-state index in [2.05, 4.69) is 47.0 Å². The van der Waals surface area contributed by atoms with E-state index in [1.165, 1.54) is 4.91 Å². The molecule has 27 heavy (non-hydrogen) atoms. The van der Waals surface area contributed by atoms with Gasteiger partial charge in [-0.2, -0.15) is 5.10 Å². The lowest BCUT2D eigenvalue weighted by Crippen LogP contribution is -2.25. The second kappa shape index (κ2) is 9.06. The highest BCUT2D eigenvalue weighted by atomic mass is 32.2. The molecule has 0 aliphatic heterocycles. The van der Waals surface area contributed by atoms with Crippen molar-refractivity contribution in [2.24, 2.45) is 0 Å². The first-order valence-electron chi connectivity index (χ1n) is 9.40. The largest absolute Gasteiger partial charge is 0.306 e. The normalized spacial score (nSPS) is 12.6. The lowest BCUT2D eigenvalue weighted by atomic mass is 10.1. The van der Waals surface area contributed by atoms with Crippen molar-refractivity contribution in [3.8, 4) is 0 Å². The highest BCUT2D eigenvalue weighted by Crippen LogP contribution is 2.22. The highest BCUT2D eigenvalue weighted by Gasteiger charge is 2.14. The van der Waals surface area contributed by atoms with Gasteiger partial charge >= 0.3 is 0 Å². The van der Waals surface area contributed by atoms with E-state index in [9.17, 15) is 4.79 Å². The molecule has 6 heteroatoms. The molecule has 2 aromatic heterocycles. The predicted molar refractivity (Wildman–Crippen MR) is 116 cm³/mol. The third kappa shape index (κ3) is 4.17. The molecule has 0 atom stereocenters. The molecule has 0 radical (unpaired) electrons. The first-order chi connectivity index (χ1) is 13.2. The molecule has 0 saturated carbocycles. The second-order valence-electron chi connectivity index (χ2n) is 6.37. The van der Waals surface area contributed by atoms with Gasteiger partial charge in [-0.25, -0.2) is 0 Å². The third-order valence-corrected chi connectivity index (χ3v) is 5.29. The van der Waals surface area contributed by atoms with Crippen LogP contribution in [-0.4, -0.2) is 21.3 Å². The summed E-state index contributed by atoms with van der Waals surface area (Å²) in [4.78, 5) is 14.2. The van der Waals surface area contributed by atoms with Gasteiger partial charge in [0.15, 0.2) is 0 Å². The van der Waals surface area contributed by atoms with E-state index < -0.39 is 0 Å². The molecule has 1 aromatic carbocycles. The van der Waals surface area contributed by atoms with E-state index in [1.807, 2.05) is 35.8 Å². The van der Waals surface area contributed by atoms with Gasteiger partial charge < -0.3 is 4.57 Å². The maximum absolute atomic E-state index is 13.0. The summed E-state index contributed by atoms with van der Waals surface area (Å²) in [7, 11) is 0. The number of fused-ring (bicyclic) bond motifs is 3. The molecular formula is C21H26N4OS. The van der Waals surface area contributed by atoms with E-state index in [0.29, 0.717) is 18.5 Å². The average Bonchev–Trinajstić information content (AvgIpc) is 3.07. The molecule has 3 aromatic rings. The Morgan fingerprint density at radius 3 is 2.89 bits per heavy atom. The number of aromatic nitrogens is 3. The lowest BCUT2D eigenvalue weighted by molar-refractivity contribution is 0.692. The second-order valence-corrected chi connectivity index (χ2v) is 7.33. The smallest absolute Gasteiger partial charge is 0.262 e. The van der Waals surface area contributed by atoms with Crippen molar-refractivity contribution in [3.63, 3.8) is 0 Å². The summed E-state index contributed by atoms with van der Waals surface area (Å²) >= 11 is 1.62. The van der Waals surface area contributed by atoms with Crippen molar-refractivity contribution in [2.75, 3.05) is 6.54 Å². The molecule has 2 N–H and O–H groups in total. The van der Waals surface area contributed by atoms with Crippen molar-refractivity contribution < 1.29 is 0 Å². The number of para-hydroxylation sites is 1. The van der Waals surface area contributed by atoms with E-state index >= 15 is 0 Å². The van der Waals surface area contributed by atoms with E-state index in [-0.39, 0.29) is 5.56 Å². The zero-order valence-electron chi connectivity index (χ0n) is 16.1. The number of rotatable bonds is 8. The highest BCUT2D eigenvalue weighted by molar-refractivity contribution is 8.01. The maximum atomic E-state index is 13.0. The summed E-state index contributed by atoms with van der Waals surface area (Å²) in [6.07, 6.45) is 8.52. The summed E-state index contributed by atoms with van der Waals surface area (Å²) in [5.74, 6) is 0. The van der Waals surface area contributed by atoms with Gasteiger partial charge in [0, 0.05) is 29.1 Å². The van der Waals surface area contributed by atoms with Gasteiger partial charge in [0.2, 0.25) is 0 Å². The number of aryl methyl sites for hydroxylation is 1. The van der Waals surface area contributed by atoms with E-state index in [4.69, 9.17) is 0 Å². The Bertz CT molecular complexity index is 1050. The summed E-state index contributed by atoms with van der Waals surface area (Å²) in [6, 6.07) is 7.95. The standard InChI is InChI=1S/C21H26N4OS/c1-4-6-10-16(9-5-2)27-22-13-14-25-18-12-8-7-11-17(18)20-19(21(25)26)15(3)23-24-20/h6-12,22H,4-5,13-14H2,1-3H3,(H,23,24)/b10-6-,16-9+. The van der Waals surface area contributed by atoms with Crippen LogP contribution in [0.15, 0.2) is 52.2 Å². The van der Waals surface area contributed by atoms with Gasteiger partial charge in [0.25, 0.3) is 5.56 Å². The van der Waals surface area contributed by atoms with Gasteiger partial charge in [0.1, 0.15) is 5.52 Å². The third-order valence-electron chi connectivity index (χ3n) is 4.41. The summed E-state index contributed by atoms with van der Waals surface area (Å²) in [5, 5.41) is 8.98. The minimum Gasteiger partial charge on any atom is -0.306 e. The molecule has 5 nitrogen and oxygen atoms in total. The summed E-state index contributed by atoms with van der Waals surface area (Å²) in [5.41, 5.74) is 2.50. The minimum absolute atomic E-state index is 0.0111. The number of pyridine rings is 1. The molecule has 0 aliphatic rings. The molecule has 0 fully saturated rings. The molecular weight excluding hydrogens is 356 g/mol. The van der Waals surface area contributed by atoms with Crippen LogP contribution in [0.5, 0.6) is 0 Å². The van der Waals surface area contributed by atoms with Gasteiger partial charge in [-0.15, -0.1) is 0 Å². The Kier molecular flexibility index (Phi) is 6.53. The van der Waals surface area contributed by atoms with E-state index in [0.717, 1.165) is 35.0 Å². The zero-order valence-corrected chi connectivity index (χ0v) is 16.9. The molecule has 2 heterocycles. The van der Waals surface area contributed by atoms with Gasteiger partial charge in [0.05, 0.1) is 10.9 Å². The molecule has 3 rings (SSSR count). The number of nitrogens with one attached hydrogen (secondary N) is 2. The van der Waals surface area contributed by atoms with Crippen LogP contribution in [0.1, 0.15) is 32.4 Å². The molecule has 0 unspecified atom stereocenters. The summed E-state index contributed by atoms with van der Waals surface area (Å²) < 4.78 is 5.24. The molecule has 0 bridgehead atoms. The monoisotopic (exact) mass is 382 g/mol. The minimum atomic E-state index is 0.0111. The van der Waals surface area contributed by atoms with Gasteiger partial charge in [-0.3, -0.25) is 14.6 Å². The van der Waals surface area contributed by atoms with Crippen LogP contribution in [0.4, 0.5) is 0 Å². The Morgan fingerprint density at radius 1 is 1.30 bits per heavy atom. The predicted octanol–water partition coefficient (Wildman–Crippen LogP) is 4.68.